The molecule has 1 aliphatic rings. The molecule has 0 unspecified atom stereocenters. The van der Waals surface area contributed by atoms with E-state index >= 15 is 0 Å². The van der Waals surface area contributed by atoms with Gasteiger partial charge >= 0.3 is 0 Å². The molecule has 1 aromatic carbocycles. The number of nitrogens with one attached hydrogen (secondary N) is 1. The number of allylic oxidation sites excluding steroid dienone is 2. The van der Waals surface area contributed by atoms with E-state index in [9.17, 15) is 24.8 Å². The van der Waals surface area contributed by atoms with Gasteiger partial charge in [0.1, 0.15) is 0 Å². The molecule has 0 aromatic heterocycles. The first-order valence-corrected chi connectivity index (χ1v) is 7.28. The highest BCUT2D eigenvalue weighted by atomic mass is 35.5. The second kappa shape index (κ2) is 6.78. The van der Waals surface area contributed by atoms with Crippen molar-refractivity contribution < 1.29 is 19.6 Å². The predicted octanol–water partition coefficient (Wildman–Crippen LogP) is 1.74. The first-order chi connectivity index (χ1) is 10.8. The van der Waals surface area contributed by atoms with Gasteiger partial charge in [-0.25, -0.2) is 0 Å². The first-order valence-electron chi connectivity index (χ1n) is 6.91. The number of hydrogen-bond acceptors (Lipinski definition) is 5. The molecule has 1 N–H and O–H groups in total. The summed E-state index contributed by atoms with van der Waals surface area (Å²) >= 11 is 5.91. The molecule has 1 amide bonds. The molecule has 2 atom stereocenters. The zero-order valence-corrected chi connectivity index (χ0v) is 13.0. The average Bonchev–Trinajstić information content (AvgIpc) is 2.48. The second-order valence-electron chi connectivity index (χ2n) is 5.37. The Labute approximate surface area is 137 Å². The SMILES string of the molecule is Cc1cc([N+](=O)[O-])ccc1NC(=O)[C@H]1CC(Cl)=CC[C@@H]1C(=O)[O-]. The van der Waals surface area contributed by atoms with Gasteiger partial charge in [-0.05, 0) is 31.4 Å². The molecule has 0 saturated heterocycles. The molecule has 0 saturated carbocycles. The number of non-ortho nitro benzene ring substituents is 1. The van der Waals surface area contributed by atoms with Crippen molar-refractivity contribution in [3.05, 3.63) is 45.0 Å². The lowest BCUT2D eigenvalue weighted by Gasteiger charge is -2.29. The summed E-state index contributed by atoms with van der Waals surface area (Å²) in [6.07, 6.45) is 1.83. The molecule has 0 aliphatic heterocycles. The van der Waals surface area contributed by atoms with Gasteiger partial charge in [-0.3, -0.25) is 14.9 Å². The van der Waals surface area contributed by atoms with Crippen LogP contribution in [0, 0.1) is 28.9 Å². The van der Waals surface area contributed by atoms with E-state index in [1.54, 1.807) is 13.0 Å². The maximum atomic E-state index is 12.4. The number of aliphatic carboxylic acids is 1. The second-order valence-corrected chi connectivity index (χ2v) is 5.85. The molecule has 0 radical (unpaired) electrons. The molecule has 1 aromatic rings. The van der Waals surface area contributed by atoms with Crippen LogP contribution in [-0.4, -0.2) is 16.8 Å². The number of amides is 1. The van der Waals surface area contributed by atoms with E-state index in [0.717, 1.165) is 0 Å². The number of benzene rings is 1. The quantitative estimate of drug-likeness (QED) is 0.664. The van der Waals surface area contributed by atoms with Crippen molar-refractivity contribution >= 4 is 34.9 Å². The number of aryl methyl sites for hydroxylation is 1. The summed E-state index contributed by atoms with van der Waals surface area (Å²) in [4.78, 5) is 33.7. The molecule has 0 heterocycles. The number of anilines is 1. The Balaban J connectivity index is 2.19. The average molecular weight is 338 g/mol. The van der Waals surface area contributed by atoms with Gasteiger partial charge in [-0.1, -0.05) is 17.7 Å². The van der Waals surface area contributed by atoms with Crippen molar-refractivity contribution in [1.82, 2.24) is 0 Å². The van der Waals surface area contributed by atoms with E-state index in [1.165, 1.54) is 18.2 Å². The van der Waals surface area contributed by atoms with Crippen LogP contribution in [0.1, 0.15) is 18.4 Å². The number of halogens is 1. The molecule has 0 fully saturated rings. The Morgan fingerprint density at radius 2 is 2.04 bits per heavy atom. The minimum Gasteiger partial charge on any atom is -0.550 e. The highest BCUT2D eigenvalue weighted by Gasteiger charge is 2.32. The van der Waals surface area contributed by atoms with Crippen LogP contribution in [0.3, 0.4) is 0 Å². The predicted molar refractivity (Wildman–Crippen MR) is 81.6 cm³/mol. The fraction of sp³-hybridized carbons (Fsp3) is 0.333. The largest absolute Gasteiger partial charge is 0.550 e. The minimum absolute atomic E-state index is 0.0863. The number of rotatable bonds is 4. The first kappa shape index (κ1) is 17.0. The van der Waals surface area contributed by atoms with E-state index in [2.05, 4.69) is 5.32 Å². The number of nitro groups is 1. The van der Waals surface area contributed by atoms with Crippen LogP contribution in [0.5, 0.6) is 0 Å². The van der Waals surface area contributed by atoms with Gasteiger partial charge < -0.3 is 15.2 Å². The van der Waals surface area contributed by atoms with Crippen molar-refractivity contribution in [1.29, 1.82) is 0 Å². The van der Waals surface area contributed by atoms with Crippen molar-refractivity contribution in [2.75, 3.05) is 5.32 Å². The summed E-state index contributed by atoms with van der Waals surface area (Å²) in [6.45, 7) is 1.62. The number of nitro benzene ring substituents is 1. The van der Waals surface area contributed by atoms with Gasteiger partial charge in [-0.2, -0.15) is 0 Å². The highest BCUT2D eigenvalue weighted by molar-refractivity contribution is 6.29. The molecule has 2 rings (SSSR count). The van der Waals surface area contributed by atoms with Gasteiger partial charge in [0.15, 0.2) is 0 Å². The monoisotopic (exact) mass is 337 g/mol. The Bertz CT molecular complexity index is 701. The van der Waals surface area contributed by atoms with Crippen molar-refractivity contribution in [3.8, 4) is 0 Å². The molecule has 0 bridgehead atoms. The van der Waals surface area contributed by atoms with E-state index in [1.807, 2.05) is 0 Å². The van der Waals surface area contributed by atoms with Gasteiger partial charge in [0, 0.05) is 34.7 Å². The third-order valence-corrected chi connectivity index (χ3v) is 4.12. The number of carboxylic acids is 1. The van der Waals surface area contributed by atoms with Crippen LogP contribution in [0.15, 0.2) is 29.3 Å². The summed E-state index contributed by atoms with van der Waals surface area (Å²) in [5.41, 5.74) is 0.815. The normalized spacial score (nSPS) is 20.5. The van der Waals surface area contributed by atoms with Crippen LogP contribution in [-0.2, 0) is 9.59 Å². The third-order valence-electron chi connectivity index (χ3n) is 3.81. The lowest BCUT2D eigenvalue weighted by Crippen LogP contribution is -2.42. The number of nitrogens with zero attached hydrogens (tertiary/aromatic N) is 1. The highest BCUT2D eigenvalue weighted by Crippen LogP contribution is 2.33. The summed E-state index contributed by atoms with van der Waals surface area (Å²) in [7, 11) is 0. The van der Waals surface area contributed by atoms with Gasteiger partial charge in [0.05, 0.1) is 10.8 Å². The maximum Gasteiger partial charge on any atom is 0.269 e. The van der Waals surface area contributed by atoms with Crippen molar-refractivity contribution in [3.63, 3.8) is 0 Å². The Hall–Kier alpha value is -2.41. The number of carboxylic acid groups (broad SMARTS) is 1. The van der Waals surface area contributed by atoms with Gasteiger partial charge in [0.2, 0.25) is 5.91 Å². The van der Waals surface area contributed by atoms with Crippen molar-refractivity contribution in [2.45, 2.75) is 19.8 Å². The summed E-state index contributed by atoms with van der Waals surface area (Å²) in [6, 6.07) is 4.02. The fourth-order valence-electron chi connectivity index (χ4n) is 2.52. The zero-order valence-electron chi connectivity index (χ0n) is 12.2. The van der Waals surface area contributed by atoms with Crippen LogP contribution in [0.2, 0.25) is 0 Å². The molecule has 7 nitrogen and oxygen atoms in total. The smallest absolute Gasteiger partial charge is 0.269 e. The van der Waals surface area contributed by atoms with Gasteiger partial charge in [0.25, 0.3) is 5.69 Å². The van der Waals surface area contributed by atoms with E-state index < -0.39 is 28.6 Å². The van der Waals surface area contributed by atoms with Crippen LogP contribution in [0.25, 0.3) is 0 Å². The molecular weight excluding hydrogens is 324 g/mol. The zero-order chi connectivity index (χ0) is 17.1. The Kier molecular flexibility index (Phi) is 5.00. The number of hydrogen-bond donors (Lipinski definition) is 1. The topological polar surface area (TPSA) is 112 Å². The van der Waals surface area contributed by atoms with Crippen molar-refractivity contribution in [2.24, 2.45) is 11.8 Å². The maximum absolute atomic E-state index is 12.4. The summed E-state index contributed by atoms with van der Waals surface area (Å²) in [5, 5.41) is 24.9. The summed E-state index contributed by atoms with van der Waals surface area (Å²) < 4.78 is 0. The lowest BCUT2D eigenvalue weighted by molar-refractivity contribution is -0.384. The number of carbonyl (C=O) groups is 2. The molecule has 122 valence electrons. The van der Waals surface area contributed by atoms with Crippen LogP contribution in [0.4, 0.5) is 11.4 Å². The third kappa shape index (κ3) is 3.87. The molecule has 8 heteroatoms. The molecule has 0 spiro atoms. The van der Waals surface area contributed by atoms with Crippen LogP contribution < -0.4 is 10.4 Å². The Morgan fingerprint density at radius 3 is 2.61 bits per heavy atom. The minimum atomic E-state index is -1.30. The molecule has 1 aliphatic carbocycles. The summed E-state index contributed by atoms with van der Waals surface area (Å²) in [5.74, 6) is -3.59. The molecular formula is C15H14ClN2O5-. The standard InChI is InChI=1S/C15H15ClN2O5/c1-8-6-10(18(22)23)3-5-13(8)17-14(19)12-7-9(16)2-4-11(12)15(20)21/h2-3,5-6,11-12H,4,7H2,1H3,(H,17,19)(H,20,21)/p-1/t11-,12-/m0/s1. The molecule has 23 heavy (non-hydrogen) atoms. The van der Waals surface area contributed by atoms with Gasteiger partial charge in [-0.15, -0.1) is 0 Å². The number of carbonyl (C=O) groups excluding carboxylic acids is 2. The van der Waals surface area contributed by atoms with E-state index in [0.29, 0.717) is 16.3 Å². The van der Waals surface area contributed by atoms with Crippen LogP contribution >= 0.6 is 11.6 Å². The Morgan fingerprint density at radius 1 is 1.35 bits per heavy atom. The lowest BCUT2D eigenvalue weighted by atomic mass is 9.82. The van der Waals surface area contributed by atoms with E-state index in [-0.39, 0.29) is 18.5 Å². The fourth-order valence-corrected chi connectivity index (χ4v) is 2.77. The van der Waals surface area contributed by atoms with E-state index in [4.69, 9.17) is 11.6 Å².